The molecule has 0 radical (unpaired) electrons. The van der Waals surface area contributed by atoms with Gasteiger partial charge in [-0.15, -0.1) is 0 Å². The molecule has 0 unspecified atom stereocenters. The highest BCUT2D eigenvalue weighted by molar-refractivity contribution is 5.56. The highest BCUT2D eigenvalue weighted by atomic mass is 16.5. The molecule has 0 aliphatic carbocycles. The van der Waals surface area contributed by atoms with Gasteiger partial charge in [0.1, 0.15) is 5.75 Å². The highest BCUT2D eigenvalue weighted by Crippen LogP contribution is 2.08. The highest BCUT2D eigenvalue weighted by Gasteiger charge is 2.04. The quantitative estimate of drug-likeness (QED) is 0.694. The van der Waals surface area contributed by atoms with Gasteiger partial charge in [0.2, 0.25) is 0 Å². The van der Waals surface area contributed by atoms with Gasteiger partial charge in [-0.1, -0.05) is 18.2 Å². The van der Waals surface area contributed by atoms with Crippen LogP contribution in [0.3, 0.4) is 0 Å². The first-order valence-corrected chi connectivity index (χ1v) is 4.37. The summed E-state index contributed by atoms with van der Waals surface area (Å²) in [5.41, 5.74) is 0. The zero-order valence-corrected chi connectivity index (χ0v) is 7.39. The molecule has 0 N–H and O–H groups in total. The van der Waals surface area contributed by atoms with Gasteiger partial charge in [-0.2, -0.15) is 0 Å². The van der Waals surface area contributed by atoms with Crippen LogP contribution in [0.5, 0.6) is 5.75 Å². The second-order valence-electron chi connectivity index (χ2n) is 2.92. The lowest BCUT2D eigenvalue weighted by molar-refractivity contribution is 0.206. The third kappa shape index (κ3) is 2.21. The molecule has 0 spiro atoms. The Hall–Kier alpha value is -1.51. The van der Waals surface area contributed by atoms with E-state index in [1.165, 1.54) is 0 Å². The summed E-state index contributed by atoms with van der Waals surface area (Å²) in [4.78, 5) is 6.15. The first-order chi connectivity index (χ1) is 6.45. The van der Waals surface area contributed by atoms with Crippen LogP contribution in [-0.4, -0.2) is 31.1 Å². The van der Waals surface area contributed by atoms with E-state index in [1.807, 2.05) is 41.6 Å². The average molecular weight is 176 g/mol. The summed E-state index contributed by atoms with van der Waals surface area (Å²) in [6.45, 7) is 2.44. The summed E-state index contributed by atoms with van der Waals surface area (Å²) in [6, 6.07) is 9.81. The Kier molecular flexibility index (Phi) is 2.45. The minimum Gasteiger partial charge on any atom is -0.473 e. The fourth-order valence-electron chi connectivity index (χ4n) is 1.19. The van der Waals surface area contributed by atoms with Crippen molar-refractivity contribution in [3.05, 3.63) is 30.3 Å². The van der Waals surface area contributed by atoms with Gasteiger partial charge in [0.25, 0.3) is 0 Å². The van der Waals surface area contributed by atoms with Crippen molar-refractivity contribution in [1.29, 1.82) is 0 Å². The van der Waals surface area contributed by atoms with Gasteiger partial charge in [-0.05, 0) is 12.1 Å². The van der Waals surface area contributed by atoms with E-state index in [2.05, 4.69) is 4.99 Å². The first kappa shape index (κ1) is 8.10. The van der Waals surface area contributed by atoms with Gasteiger partial charge < -0.3 is 9.64 Å². The van der Waals surface area contributed by atoms with Crippen molar-refractivity contribution in [2.75, 3.05) is 19.8 Å². The molecule has 1 aliphatic heterocycles. The van der Waals surface area contributed by atoms with Crippen molar-refractivity contribution in [3.63, 3.8) is 0 Å². The van der Waals surface area contributed by atoms with Crippen molar-refractivity contribution < 1.29 is 4.74 Å². The lowest BCUT2D eigenvalue weighted by Gasteiger charge is -2.14. The zero-order valence-electron chi connectivity index (χ0n) is 7.39. The molecule has 1 heterocycles. The molecule has 2 rings (SSSR count). The summed E-state index contributed by atoms with van der Waals surface area (Å²) >= 11 is 0. The molecule has 0 aromatic heterocycles. The standard InChI is InChI=1S/C10H12N2O/c1-2-4-10(5-3-1)13-9-12-7-6-11-8-12/h1-5,8H,6-7,9H2. The van der Waals surface area contributed by atoms with Crippen molar-refractivity contribution in [3.8, 4) is 5.75 Å². The minimum atomic E-state index is 0.591. The number of para-hydroxylation sites is 1. The van der Waals surface area contributed by atoms with E-state index in [4.69, 9.17) is 4.74 Å². The predicted octanol–water partition coefficient (Wildman–Crippen LogP) is 1.37. The van der Waals surface area contributed by atoms with Crippen LogP contribution in [0.25, 0.3) is 0 Å². The van der Waals surface area contributed by atoms with Crippen molar-refractivity contribution in [1.82, 2.24) is 4.90 Å². The van der Waals surface area contributed by atoms with Crippen LogP contribution >= 0.6 is 0 Å². The smallest absolute Gasteiger partial charge is 0.162 e. The minimum absolute atomic E-state index is 0.591. The number of benzene rings is 1. The van der Waals surface area contributed by atoms with Crippen molar-refractivity contribution >= 4 is 6.34 Å². The SMILES string of the molecule is C1=NCCN1COc1ccccc1. The number of hydrogen-bond acceptors (Lipinski definition) is 3. The Labute approximate surface area is 77.7 Å². The van der Waals surface area contributed by atoms with Crippen molar-refractivity contribution in [2.24, 2.45) is 4.99 Å². The summed E-state index contributed by atoms with van der Waals surface area (Å²) < 4.78 is 5.52. The van der Waals surface area contributed by atoms with Crippen LogP contribution in [0.2, 0.25) is 0 Å². The van der Waals surface area contributed by atoms with E-state index in [-0.39, 0.29) is 0 Å². The Bertz CT molecular complexity index is 284. The second kappa shape index (κ2) is 3.94. The van der Waals surface area contributed by atoms with E-state index in [9.17, 15) is 0 Å². The summed E-state index contributed by atoms with van der Waals surface area (Å²) in [5, 5.41) is 0. The molecule has 3 heteroatoms. The average Bonchev–Trinajstić information content (AvgIpc) is 2.69. The van der Waals surface area contributed by atoms with Crippen LogP contribution in [-0.2, 0) is 0 Å². The molecule has 1 aromatic carbocycles. The van der Waals surface area contributed by atoms with E-state index < -0.39 is 0 Å². The molecule has 0 saturated heterocycles. The largest absolute Gasteiger partial charge is 0.473 e. The lowest BCUT2D eigenvalue weighted by atomic mass is 10.3. The van der Waals surface area contributed by atoms with Gasteiger partial charge in [0, 0.05) is 6.54 Å². The van der Waals surface area contributed by atoms with Crippen LogP contribution in [0.4, 0.5) is 0 Å². The van der Waals surface area contributed by atoms with E-state index >= 15 is 0 Å². The van der Waals surface area contributed by atoms with Gasteiger partial charge >= 0.3 is 0 Å². The first-order valence-electron chi connectivity index (χ1n) is 4.37. The van der Waals surface area contributed by atoms with Crippen LogP contribution in [0.15, 0.2) is 35.3 Å². The van der Waals surface area contributed by atoms with E-state index in [0.29, 0.717) is 6.73 Å². The maximum Gasteiger partial charge on any atom is 0.162 e. The zero-order chi connectivity index (χ0) is 8.93. The number of ether oxygens (including phenoxy) is 1. The molecule has 0 amide bonds. The van der Waals surface area contributed by atoms with Crippen LogP contribution < -0.4 is 4.74 Å². The number of rotatable bonds is 3. The third-order valence-corrected chi connectivity index (χ3v) is 1.90. The Morgan fingerprint density at radius 3 is 2.85 bits per heavy atom. The number of nitrogens with zero attached hydrogens (tertiary/aromatic N) is 2. The molecule has 3 nitrogen and oxygen atoms in total. The maximum atomic E-state index is 5.52. The molecule has 0 fully saturated rings. The van der Waals surface area contributed by atoms with Gasteiger partial charge in [0.15, 0.2) is 6.73 Å². The molecule has 0 saturated carbocycles. The molecular formula is C10H12N2O. The molecule has 0 bridgehead atoms. The molecular weight excluding hydrogens is 164 g/mol. The van der Waals surface area contributed by atoms with Crippen LogP contribution in [0, 0.1) is 0 Å². The van der Waals surface area contributed by atoms with E-state index in [1.54, 1.807) is 0 Å². The molecule has 68 valence electrons. The summed E-state index contributed by atoms with van der Waals surface area (Å²) in [5.74, 6) is 0.905. The molecule has 0 atom stereocenters. The number of hydrogen-bond donors (Lipinski definition) is 0. The summed E-state index contributed by atoms with van der Waals surface area (Å²) in [7, 11) is 0. The maximum absolute atomic E-state index is 5.52. The third-order valence-electron chi connectivity index (χ3n) is 1.90. The lowest BCUT2D eigenvalue weighted by Crippen LogP contribution is -2.24. The van der Waals surface area contributed by atoms with Gasteiger partial charge in [-0.25, -0.2) is 0 Å². The topological polar surface area (TPSA) is 24.8 Å². The normalized spacial score (nSPS) is 14.9. The fourth-order valence-corrected chi connectivity index (χ4v) is 1.19. The Morgan fingerprint density at radius 2 is 2.15 bits per heavy atom. The van der Waals surface area contributed by atoms with Gasteiger partial charge in [-0.3, -0.25) is 4.99 Å². The van der Waals surface area contributed by atoms with Gasteiger partial charge in [0.05, 0.1) is 12.9 Å². The molecule has 1 aliphatic rings. The van der Waals surface area contributed by atoms with Crippen LogP contribution in [0.1, 0.15) is 0 Å². The molecule has 13 heavy (non-hydrogen) atoms. The predicted molar refractivity (Wildman–Crippen MR) is 52.0 cm³/mol. The van der Waals surface area contributed by atoms with Crippen molar-refractivity contribution in [2.45, 2.75) is 0 Å². The van der Waals surface area contributed by atoms with E-state index in [0.717, 1.165) is 18.8 Å². The Morgan fingerprint density at radius 1 is 1.31 bits per heavy atom. The monoisotopic (exact) mass is 176 g/mol. The summed E-state index contributed by atoms with van der Waals surface area (Å²) in [6.07, 6.45) is 1.84. The number of aliphatic imine (C=N–C) groups is 1. The molecule has 1 aromatic rings. The Balaban J connectivity index is 1.82. The fraction of sp³-hybridized carbons (Fsp3) is 0.300. The second-order valence-corrected chi connectivity index (χ2v) is 2.92.